The van der Waals surface area contributed by atoms with Gasteiger partial charge in [-0.2, -0.15) is 0 Å². The average molecular weight is 293 g/mol. The van der Waals surface area contributed by atoms with E-state index in [9.17, 15) is 0 Å². The third-order valence-corrected chi connectivity index (χ3v) is 4.37. The lowest BCUT2D eigenvalue weighted by Crippen LogP contribution is -2.24. The highest BCUT2D eigenvalue weighted by Crippen LogP contribution is 2.36. The molecule has 2 aromatic rings. The number of nitrogens with zero attached hydrogens (tertiary/aromatic N) is 2. The molecule has 4 nitrogen and oxygen atoms in total. The number of thiophene rings is 1. The summed E-state index contributed by atoms with van der Waals surface area (Å²) < 4.78 is 5.85. The molecule has 2 aromatic heterocycles. The molecular weight excluding hydrogens is 270 g/mol. The first-order chi connectivity index (χ1) is 9.36. The van der Waals surface area contributed by atoms with Crippen molar-refractivity contribution in [1.82, 2.24) is 9.97 Å². The van der Waals surface area contributed by atoms with Crippen molar-refractivity contribution >= 4 is 27.4 Å². The van der Waals surface area contributed by atoms with E-state index in [1.54, 1.807) is 11.3 Å². The van der Waals surface area contributed by atoms with Gasteiger partial charge in [0.15, 0.2) is 5.82 Å². The van der Waals surface area contributed by atoms with Crippen molar-refractivity contribution in [2.75, 3.05) is 12.3 Å². The summed E-state index contributed by atoms with van der Waals surface area (Å²) in [6, 6.07) is 2.09. The quantitative estimate of drug-likeness (QED) is 0.927. The third-order valence-electron chi connectivity index (χ3n) is 3.19. The predicted molar refractivity (Wildman–Crippen MR) is 85.0 cm³/mol. The Bertz CT molecular complexity index is 601. The lowest BCUT2D eigenvalue weighted by Gasteiger charge is -2.29. The van der Waals surface area contributed by atoms with Gasteiger partial charge in [-0.05, 0) is 24.8 Å². The molecule has 20 heavy (non-hydrogen) atoms. The average Bonchev–Trinajstić information content (AvgIpc) is 2.78. The molecule has 0 aromatic carbocycles. The van der Waals surface area contributed by atoms with Crippen LogP contribution in [0.25, 0.3) is 10.2 Å². The summed E-state index contributed by atoms with van der Waals surface area (Å²) >= 11 is 1.69. The molecule has 2 rings (SSSR count). The Kier molecular flexibility index (Phi) is 4.30. The molecule has 1 unspecified atom stereocenters. The summed E-state index contributed by atoms with van der Waals surface area (Å²) in [6.07, 6.45) is 0.843. The molecule has 5 heteroatoms. The number of hydrogen-bond acceptors (Lipinski definition) is 5. The second-order valence-electron chi connectivity index (χ2n) is 5.95. The van der Waals surface area contributed by atoms with Gasteiger partial charge >= 0.3 is 0 Å². The molecule has 2 heterocycles. The number of hydrogen-bond donors (Lipinski definition) is 1. The Morgan fingerprint density at radius 2 is 2.00 bits per heavy atom. The summed E-state index contributed by atoms with van der Waals surface area (Å²) in [5.41, 5.74) is 6.03. The van der Waals surface area contributed by atoms with Crippen LogP contribution >= 0.6 is 11.3 Å². The molecule has 0 aliphatic rings. The first kappa shape index (κ1) is 15.2. The molecule has 0 saturated carbocycles. The van der Waals surface area contributed by atoms with Crippen LogP contribution in [0.3, 0.4) is 0 Å². The van der Waals surface area contributed by atoms with Crippen LogP contribution in [0.5, 0.6) is 0 Å². The largest absolute Gasteiger partial charge is 0.383 e. The van der Waals surface area contributed by atoms with Crippen LogP contribution in [0.2, 0.25) is 0 Å². The van der Waals surface area contributed by atoms with E-state index >= 15 is 0 Å². The zero-order chi connectivity index (χ0) is 14.9. The lowest BCUT2D eigenvalue weighted by molar-refractivity contribution is -0.0187. The summed E-state index contributed by atoms with van der Waals surface area (Å²) in [5, 5.41) is 0.958. The van der Waals surface area contributed by atoms with Crippen LogP contribution in [0.15, 0.2) is 6.07 Å². The van der Waals surface area contributed by atoms with E-state index < -0.39 is 0 Å². The van der Waals surface area contributed by atoms with Crippen LogP contribution in [-0.4, -0.2) is 16.6 Å². The van der Waals surface area contributed by atoms with E-state index in [4.69, 9.17) is 15.5 Å². The molecule has 0 saturated heterocycles. The van der Waals surface area contributed by atoms with Crippen LogP contribution in [0.4, 0.5) is 5.82 Å². The number of ether oxygens (including phenoxy) is 1. The smallest absolute Gasteiger partial charge is 0.161 e. The fraction of sp³-hybridized carbons (Fsp3) is 0.600. The topological polar surface area (TPSA) is 61.0 Å². The molecule has 0 spiro atoms. The van der Waals surface area contributed by atoms with Crippen LogP contribution < -0.4 is 5.73 Å². The molecule has 0 aliphatic heterocycles. The van der Waals surface area contributed by atoms with Crippen molar-refractivity contribution in [3.63, 3.8) is 0 Å². The van der Waals surface area contributed by atoms with Gasteiger partial charge in [-0.25, -0.2) is 9.97 Å². The van der Waals surface area contributed by atoms with E-state index in [2.05, 4.69) is 38.7 Å². The van der Waals surface area contributed by atoms with Gasteiger partial charge in [0, 0.05) is 11.5 Å². The van der Waals surface area contributed by atoms with Crippen LogP contribution in [0.1, 0.15) is 51.4 Å². The number of aromatic nitrogens is 2. The Morgan fingerprint density at radius 1 is 1.30 bits per heavy atom. The van der Waals surface area contributed by atoms with Crippen LogP contribution in [-0.2, 0) is 11.2 Å². The van der Waals surface area contributed by atoms with E-state index in [-0.39, 0.29) is 11.5 Å². The van der Waals surface area contributed by atoms with Crippen molar-refractivity contribution in [2.24, 2.45) is 5.41 Å². The third kappa shape index (κ3) is 2.94. The standard InChI is InChI=1S/C15H23N3OS/c1-6-9-8-10-12(16)17-13(18-14(10)20-9)11(19-7-2)15(3,4)5/h8,11H,6-7H2,1-5H3,(H2,16,17,18). The molecule has 2 N–H and O–H groups in total. The van der Waals surface area contributed by atoms with Crippen molar-refractivity contribution < 1.29 is 4.74 Å². The SMILES string of the molecule is CCOC(c1nc(N)c2cc(CC)sc2n1)C(C)(C)C. The van der Waals surface area contributed by atoms with Gasteiger partial charge in [0.05, 0.1) is 5.39 Å². The second-order valence-corrected chi connectivity index (χ2v) is 7.07. The number of aryl methyl sites for hydroxylation is 1. The molecule has 0 amide bonds. The van der Waals surface area contributed by atoms with Gasteiger partial charge in [-0.3, -0.25) is 0 Å². The minimum absolute atomic E-state index is 0.0685. The Balaban J connectivity index is 2.53. The van der Waals surface area contributed by atoms with Gasteiger partial charge in [0.1, 0.15) is 16.8 Å². The maximum Gasteiger partial charge on any atom is 0.161 e. The van der Waals surface area contributed by atoms with Gasteiger partial charge in [-0.1, -0.05) is 27.7 Å². The number of anilines is 1. The van der Waals surface area contributed by atoms with Gasteiger partial charge in [0.2, 0.25) is 0 Å². The van der Waals surface area contributed by atoms with Gasteiger partial charge < -0.3 is 10.5 Å². The summed E-state index contributed by atoms with van der Waals surface area (Å²) in [4.78, 5) is 11.4. The van der Waals surface area contributed by atoms with E-state index in [1.807, 2.05) is 6.92 Å². The van der Waals surface area contributed by atoms with E-state index in [0.29, 0.717) is 18.2 Å². The number of rotatable bonds is 4. The summed E-state index contributed by atoms with van der Waals surface area (Å²) in [7, 11) is 0. The van der Waals surface area contributed by atoms with Gasteiger partial charge in [0.25, 0.3) is 0 Å². The van der Waals surface area contributed by atoms with Crippen molar-refractivity contribution in [2.45, 2.75) is 47.1 Å². The molecule has 0 bridgehead atoms. The minimum atomic E-state index is -0.147. The zero-order valence-electron chi connectivity index (χ0n) is 12.9. The normalized spacial score (nSPS) is 13.8. The monoisotopic (exact) mass is 293 g/mol. The molecule has 110 valence electrons. The maximum absolute atomic E-state index is 6.10. The lowest BCUT2D eigenvalue weighted by atomic mass is 9.88. The molecule has 0 radical (unpaired) electrons. The molecule has 0 aliphatic carbocycles. The fourth-order valence-corrected chi connectivity index (χ4v) is 3.16. The molecule has 0 fully saturated rings. The van der Waals surface area contributed by atoms with Crippen molar-refractivity contribution in [3.8, 4) is 0 Å². The predicted octanol–water partition coefficient (Wildman–Crippen LogP) is 3.96. The maximum atomic E-state index is 6.10. The zero-order valence-corrected chi connectivity index (χ0v) is 13.7. The van der Waals surface area contributed by atoms with Crippen LogP contribution in [0, 0.1) is 5.41 Å². The fourth-order valence-electron chi connectivity index (χ4n) is 2.18. The van der Waals surface area contributed by atoms with E-state index in [1.165, 1.54) is 4.88 Å². The number of fused-ring (bicyclic) bond motifs is 1. The first-order valence-corrected chi connectivity index (χ1v) is 7.85. The first-order valence-electron chi connectivity index (χ1n) is 7.04. The number of nitrogens with two attached hydrogens (primary N) is 1. The molecular formula is C15H23N3OS. The highest BCUT2D eigenvalue weighted by molar-refractivity contribution is 7.18. The second kappa shape index (κ2) is 5.66. The Morgan fingerprint density at radius 3 is 2.55 bits per heavy atom. The highest BCUT2D eigenvalue weighted by atomic mass is 32.1. The summed E-state index contributed by atoms with van der Waals surface area (Å²) in [6.45, 7) is 11.1. The van der Waals surface area contributed by atoms with Crippen molar-refractivity contribution in [1.29, 1.82) is 0 Å². The minimum Gasteiger partial charge on any atom is -0.383 e. The Labute approximate surface area is 124 Å². The molecule has 1 atom stereocenters. The van der Waals surface area contributed by atoms with E-state index in [0.717, 1.165) is 16.6 Å². The van der Waals surface area contributed by atoms with Gasteiger partial charge in [-0.15, -0.1) is 11.3 Å². The highest BCUT2D eigenvalue weighted by Gasteiger charge is 2.30. The number of nitrogen functional groups attached to an aromatic ring is 1. The summed E-state index contributed by atoms with van der Waals surface area (Å²) in [5.74, 6) is 1.24. The van der Waals surface area contributed by atoms with Crippen molar-refractivity contribution in [3.05, 3.63) is 16.8 Å². The Hall–Kier alpha value is -1.20.